The molecule has 3 nitrogen and oxygen atoms in total. The average Bonchev–Trinajstić information content (AvgIpc) is 2.71. The average molecular weight is 233 g/mol. The molecule has 0 aromatic heterocycles. The Bertz CT molecular complexity index is 377. The minimum Gasteiger partial charge on any atom is -0.395 e. The minimum atomic E-state index is 0.137. The van der Waals surface area contributed by atoms with Crippen molar-refractivity contribution in [1.29, 1.82) is 0 Å². The second-order valence-corrected chi connectivity index (χ2v) is 4.78. The van der Waals surface area contributed by atoms with Gasteiger partial charge in [0.1, 0.15) is 0 Å². The van der Waals surface area contributed by atoms with Crippen LogP contribution < -0.4 is 0 Å². The van der Waals surface area contributed by atoms with Crippen LogP contribution in [0.5, 0.6) is 0 Å². The van der Waals surface area contributed by atoms with Crippen LogP contribution in [0.15, 0.2) is 30.3 Å². The van der Waals surface area contributed by atoms with Gasteiger partial charge in [-0.2, -0.15) is 0 Å². The Labute approximate surface area is 102 Å². The van der Waals surface area contributed by atoms with Crippen molar-refractivity contribution < 1.29 is 9.90 Å². The number of carbonyl (C=O) groups excluding carboxylic acids is 1. The zero-order valence-electron chi connectivity index (χ0n) is 10.2. The molecule has 3 heteroatoms. The number of benzene rings is 1. The topological polar surface area (TPSA) is 40.5 Å². The molecule has 1 aromatic carbocycles. The van der Waals surface area contributed by atoms with Crippen molar-refractivity contribution in [2.75, 3.05) is 19.7 Å². The molecule has 1 aliphatic heterocycles. The third-order valence-electron chi connectivity index (χ3n) is 3.63. The van der Waals surface area contributed by atoms with Crippen LogP contribution in [0, 0.1) is 5.92 Å². The molecule has 1 saturated heterocycles. The molecule has 1 fully saturated rings. The zero-order valence-corrected chi connectivity index (χ0v) is 10.2. The van der Waals surface area contributed by atoms with Gasteiger partial charge in [0.25, 0.3) is 0 Å². The standard InChI is InChI=1S/C14H19NO2/c1-11-7-8-15(13(11)10-16)9-14(17)12-5-3-2-4-6-12/h2-6,11,13,16H,7-10H2,1H3. The van der Waals surface area contributed by atoms with E-state index in [1.165, 1.54) is 0 Å². The highest BCUT2D eigenvalue weighted by Crippen LogP contribution is 2.23. The van der Waals surface area contributed by atoms with E-state index in [4.69, 9.17) is 0 Å². The van der Waals surface area contributed by atoms with Gasteiger partial charge < -0.3 is 5.11 Å². The predicted octanol–water partition coefficient (Wildman–Crippen LogP) is 1.57. The summed E-state index contributed by atoms with van der Waals surface area (Å²) in [5.74, 6) is 0.613. The van der Waals surface area contributed by atoms with Gasteiger partial charge in [0.2, 0.25) is 0 Å². The van der Waals surface area contributed by atoms with E-state index in [1.807, 2.05) is 30.3 Å². The number of hydrogen-bond donors (Lipinski definition) is 1. The minimum absolute atomic E-state index is 0.137. The lowest BCUT2D eigenvalue weighted by Crippen LogP contribution is -2.38. The van der Waals surface area contributed by atoms with Crippen molar-refractivity contribution in [3.8, 4) is 0 Å². The third kappa shape index (κ3) is 2.73. The number of ketones is 1. The summed E-state index contributed by atoms with van der Waals surface area (Å²) in [4.78, 5) is 14.1. The summed E-state index contributed by atoms with van der Waals surface area (Å²) in [6.07, 6.45) is 1.06. The van der Waals surface area contributed by atoms with Crippen LogP contribution in [-0.2, 0) is 0 Å². The summed E-state index contributed by atoms with van der Waals surface area (Å²) >= 11 is 0. The fourth-order valence-electron chi connectivity index (χ4n) is 2.48. The number of rotatable bonds is 4. The van der Waals surface area contributed by atoms with E-state index in [2.05, 4.69) is 11.8 Å². The lowest BCUT2D eigenvalue weighted by atomic mass is 10.0. The predicted molar refractivity (Wildman–Crippen MR) is 67.0 cm³/mol. The van der Waals surface area contributed by atoms with Crippen LogP contribution in [0.1, 0.15) is 23.7 Å². The van der Waals surface area contributed by atoms with Crippen molar-refractivity contribution >= 4 is 5.78 Å². The van der Waals surface area contributed by atoms with Gasteiger partial charge in [-0.3, -0.25) is 9.69 Å². The second-order valence-electron chi connectivity index (χ2n) is 4.78. The molecule has 0 saturated carbocycles. The highest BCUT2D eigenvalue weighted by atomic mass is 16.3. The van der Waals surface area contributed by atoms with E-state index in [0.29, 0.717) is 12.5 Å². The fourth-order valence-corrected chi connectivity index (χ4v) is 2.48. The number of likely N-dealkylation sites (tertiary alicyclic amines) is 1. The fraction of sp³-hybridized carbons (Fsp3) is 0.500. The molecule has 1 heterocycles. The largest absolute Gasteiger partial charge is 0.395 e. The Kier molecular flexibility index (Phi) is 3.92. The molecule has 0 spiro atoms. The number of aliphatic hydroxyl groups is 1. The Hall–Kier alpha value is -1.19. The van der Waals surface area contributed by atoms with E-state index in [0.717, 1.165) is 18.5 Å². The number of nitrogens with zero attached hydrogens (tertiary/aromatic N) is 1. The van der Waals surface area contributed by atoms with Crippen LogP contribution in [0.4, 0.5) is 0 Å². The van der Waals surface area contributed by atoms with Gasteiger partial charge in [0.15, 0.2) is 5.78 Å². The first kappa shape index (κ1) is 12.3. The first-order valence-electron chi connectivity index (χ1n) is 6.15. The van der Waals surface area contributed by atoms with Crippen molar-refractivity contribution in [3.63, 3.8) is 0 Å². The van der Waals surface area contributed by atoms with Gasteiger partial charge >= 0.3 is 0 Å². The first-order chi connectivity index (χ1) is 8.22. The molecule has 1 N–H and O–H groups in total. The molecule has 0 radical (unpaired) electrons. The number of hydrogen-bond acceptors (Lipinski definition) is 3. The van der Waals surface area contributed by atoms with Gasteiger partial charge in [-0.25, -0.2) is 0 Å². The third-order valence-corrected chi connectivity index (χ3v) is 3.63. The van der Waals surface area contributed by atoms with Crippen molar-refractivity contribution in [2.24, 2.45) is 5.92 Å². The molecule has 0 bridgehead atoms. The maximum absolute atomic E-state index is 12.0. The summed E-state index contributed by atoms with van der Waals surface area (Å²) in [5.41, 5.74) is 0.753. The Morgan fingerprint density at radius 3 is 2.76 bits per heavy atom. The highest BCUT2D eigenvalue weighted by molar-refractivity contribution is 5.97. The summed E-state index contributed by atoms with van der Waals surface area (Å²) in [6.45, 7) is 3.60. The van der Waals surface area contributed by atoms with Crippen molar-refractivity contribution in [3.05, 3.63) is 35.9 Å². The molecule has 17 heavy (non-hydrogen) atoms. The SMILES string of the molecule is CC1CCN(CC(=O)c2ccccc2)C1CO. The number of carbonyl (C=O) groups is 1. The van der Waals surface area contributed by atoms with Gasteiger partial charge in [-0.15, -0.1) is 0 Å². The summed E-state index contributed by atoms with van der Waals surface area (Å²) in [5, 5.41) is 9.34. The van der Waals surface area contributed by atoms with Gasteiger partial charge in [-0.1, -0.05) is 37.3 Å². The monoisotopic (exact) mass is 233 g/mol. The number of aliphatic hydroxyl groups excluding tert-OH is 1. The van der Waals surface area contributed by atoms with E-state index in [-0.39, 0.29) is 18.4 Å². The molecular formula is C14H19NO2. The molecule has 1 aromatic rings. The molecule has 92 valence electrons. The Balaban J connectivity index is 2.00. The molecule has 2 unspecified atom stereocenters. The van der Waals surface area contributed by atoms with Gasteiger partial charge in [0, 0.05) is 11.6 Å². The smallest absolute Gasteiger partial charge is 0.176 e. The van der Waals surface area contributed by atoms with Crippen molar-refractivity contribution in [1.82, 2.24) is 4.90 Å². The number of Topliss-reactive ketones (excluding diaryl/α,β-unsaturated/α-hetero) is 1. The summed E-state index contributed by atoms with van der Waals surface area (Å²) in [7, 11) is 0. The molecule has 0 aliphatic carbocycles. The van der Waals surface area contributed by atoms with Crippen LogP contribution in [0.25, 0.3) is 0 Å². The van der Waals surface area contributed by atoms with E-state index in [9.17, 15) is 9.90 Å². The van der Waals surface area contributed by atoms with Crippen LogP contribution in [-0.4, -0.2) is 41.5 Å². The zero-order chi connectivity index (χ0) is 12.3. The van der Waals surface area contributed by atoms with Crippen LogP contribution >= 0.6 is 0 Å². The Morgan fingerprint density at radius 1 is 1.41 bits per heavy atom. The molecule has 2 atom stereocenters. The van der Waals surface area contributed by atoms with Gasteiger partial charge in [-0.05, 0) is 18.9 Å². The molecular weight excluding hydrogens is 214 g/mol. The summed E-state index contributed by atoms with van der Waals surface area (Å²) in [6, 6.07) is 9.49. The normalized spacial score (nSPS) is 25.1. The lowest BCUT2D eigenvalue weighted by Gasteiger charge is -2.24. The molecule has 2 rings (SSSR count). The van der Waals surface area contributed by atoms with Crippen molar-refractivity contribution in [2.45, 2.75) is 19.4 Å². The van der Waals surface area contributed by atoms with E-state index >= 15 is 0 Å². The quantitative estimate of drug-likeness (QED) is 0.803. The molecule has 0 amide bonds. The Morgan fingerprint density at radius 2 is 2.12 bits per heavy atom. The van der Waals surface area contributed by atoms with Gasteiger partial charge in [0.05, 0.1) is 13.2 Å². The maximum atomic E-state index is 12.0. The lowest BCUT2D eigenvalue weighted by molar-refractivity contribution is 0.0866. The summed E-state index contributed by atoms with van der Waals surface area (Å²) < 4.78 is 0. The van der Waals surface area contributed by atoms with E-state index < -0.39 is 0 Å². The highest BCUT2D eigenvalue weighted by Gasteiger charge is 2.31. The van der Waals surface area contributed by atoms with E-state index in [1.54, 1.807) is 0 Å². The molecule has 1 aliphatic rings. The first-order valence-corrected chi connectivity index (χ1v) is 6.15. The maximum Gasteiger partial charge on any atom is 0.176 e. The second kappa shape index (κ2) is 5.43. The van der Waals surface area contributed by atoms with Crippen LogP contribution in [0.2, 0.25) is 0 Å². The van der Waals surface area contributed by atoms with Crippen LogP contribution in [0.3, 0.4) is 0 Å².